The molecule has 114 valence electrons. The highest BCUT2D eigenvalue weighted by molar-refractivity contribution is 5.43. The number of rotatable bonds is 6. The van der Waals surface area contributed by atoms with Gasteiger partial charge in [0.25, 0.3) is 0 Å². The summed E-state index contributed by atoms with van der Waals surface area (Å²) in [4.78, 5) is 2.76. The van der Waals surface area contributed by atoms with Crippen LogP contribution in [-0.2, 0) is 5.60 Å². The van der Waals surface area contributed by atoms with E-state index in [4.69, 9.17) is 15.0 Å². The Morgan fingerprint density at radius 3 is 1.95 bits per heavy atom. The molecule has 0 saturated heterocycles. The van der Waals surface area contributed by atoms with Gasteiger partial charge in [-0.05, 0) is 40.9 Å². The third-order valence-corrected chi connectivity index (χ3v) is 3.46. The number of ether oxygens (including phenoxy) is 2. The molecule has 0 bridgehead atoms. The molecule has 0 spiro atoms. The van der Waals surface area contributed by atoms with Gasteiger partial charge >= 0.3 is 0 Å². The van der Waals surface area contributed by atoms with E-state index in [1.54, 1.807) is 62.8 Å². The van der Waals surface area contributed by atoms with E-state index in [2.05, 4.69) is 10.0 Å². The van der Waals surface area contributed by atoms with Gasteiger partial charge < -0.3 is 14.6 Å². The highest BCUT2D eigenvalue weighted by atomic mass is 16.5. The third kappa shape index (κ3) is 3.14. The highest BCUT2D eigenvalue weighted by Crippen LogP contribution is 2.33. The first-order chi connectivity index (χ1) is 10.6. The van der Waals surface area contributed by atoms with E-state index in [-0.39, 0.29) is 6.54 Å². The molecular weight excluding hydrogens is 282 g/mol. The van der Waals surface area contributed by atoms with Crippen molar-refractivity contribution in [2.45, 2.75) is 5.60 Å². The zero-order valence-electron chi connectivity index (χ0n) is 12.4. The first kappa shape index (κ1) is 15.7. The molecule has 22 heavy (non-hydrogen) atoms. The average molecular weight is 299 g/mol. The van der Waals surface area contributed by atoms with Crippen LogP contribution in [0.2, 0.25) is 0 Å². The topological polar surface area (TPSA) is 87.5 Å². The van der Waals surface area contributed by atoms with Gasteiger partial charge in [-0.25, -0.2) is 0 Å². The molecule has 2 aromatic carbocycles. The van der Waals surface area contributed by atoms with Gasteiger partial charge in [0.1, 0.15) is 17.1 Å². The minimum atomic E-state index is -1.46. The highest BCUT2D eigenvalue weighted by Gasteiger charge is 2.31. The monoisotopic (exact) mass is 299 g/mol. The van der Waals surface area contributed by atoms with E-state index in [1.807, 2.05) is 0 Å². The quantitative estimate of drug-likeness (QED) is 0.504. The van der Waals surface area contributed by atoms with Gasteiger partial charge in [0.15, 0.2) is 0 Å². The molecule has 0 unspecified atom stereocenters. The number of hydrogen-bond acceptors (Lipinski definition) is 4. The van der Waals surface area contributed by atoms with Crippen molar-refractivity contribution in [3.63, 3.8) is 0 Å². The van der Waals surface area contributed by atoms with E-state index >= 15 is 0 Å². The Balaban J connectivity index is 2.57. The van der Waals surface area contributed by atoms with Gasteiger partial charge in [-0.3, -0.25) is 0 Å². The Bertz CT molecular complexity index is 649. The lowest BCUT2D eigenvalue weighted by Crippen LogP contribution is -2.30. The summed E-state index contributed by atoms with van der Waals surface area (Å²) in [5.41, 5.74) is 8.31. The van der Waals surface area contributed by atoms with Crippen LogP contribution in [-0.4, -0.2) is 25.9 Å². The van der Waals surface area contributed by atoms with Crippen LogP contribution in [0.5, 0.6) is 11.5 Å². The number of benzene rings is 2. The zero-order chi connectivity index (χ0) is 16.0. The molecule has 0 amide bonds. The van der Waals surface area contributed by atoms with E-state index in [1.165, 1.54) is 0 Å². The fourth-order valence-electron chi connectivity index (χ4n) is 2.24. The molecule has 6 heteroatoms. The Labute approximate surface area is 128 Å². The van der Waals surface area contributed by atoms with E-state index in [0.29, 0.717) is 22.6 Å². The van der Waals surface area contributed by atoms with Gasteiger partial charge in [-0.1, -0.05) is 29.4 Å². The molecule has 0 fully saturated rings. The standard InChI is InChI=1S/C16H17N3O3/c1-21-14-7-3-5-12(9-14)16(20,11-18-19-17)13-6-4-8-15(10-13)22-2/h3-10,20H,11H2,1-2H3. The summed E-state index contributed by atoms with van der Waals surface area (Å²) in [6.07, 6.45) is 0. The molecule has 0 saturated carbocycles. The molecule has 0 heterocycles. The number of nitrogens with zero attached hydrogens (tertiary/aromatic N) is 3. The fourth-order valence-corrected chi connectivity index (χ4v) is 2.24. The number of methoxy groups -OCH3 is 2. The Morgan fingerprint density at radius 2 is 1.55 bits per heavy atom. The molecule has 0 aromatic heterocycles. The lowest BCUT2D eigenvalue weighted by Gasteiger charge is -2.28. The molecule has 0 aliphatic carbocycles. The third-order valence-electron chi connectivity index (χ3n) is 3.46. The lowest BCUT2D eigenvalue weighted by molar-refractivity contribution is 0.0898. The lowest BCUT2D eigenvalue weighted by atomic mass is 9.86. The summed E-state index contributed by atoms with van der Waals surface area (Å²) in [7, 11) is 3.11. The summed E-state index contributed by atoms with van der Waals surface area (Å²) < 4.78 is 10.4. The summed E-state index contributed by atoms with van der Waals surface area (Å²) in [6, 6.07) is 14.1. The average Bonchev–Trinajstić information content (AvgIpc) is 2.59. The van der Waals surface area contributed by atoms with Crippen molar-refractivity contribution >= 4 is 0 Å². The van der Waals surface area contributed by atoms with Crippen LogP contribution < -0.4 is 9.47 Å². The maximum atomic E-state index is 11.1. The van der Waals surface area contributed by atoms with Gasteiger partial charge in [0.05, 0.1) is 20.8 Å². The predicted octanol–water partition coefficient (Wildman–Crippen LogP) is 3.25. The van der Waals surface area contributed by atoms with Crippen molar-refractivity contribution in [1.29, 1.82) is 0 Å². The van der Waals surface area contributed by atoms with Crippen LogP contribution in [0.1, 0.15) is 11.1 Å². The summed E-state index contributed by atoms with van der Waals surface area (Å²) in [6.45, 7) is -0.135. The Kier molecular flexibility index (Phi) is 4.88. The predicted molar refractivity (Wildman–Crippen MR) is 83.0 cm³/mol. The van der Waals surface area contributed by atoms with Gasteiger partial charge in [0.2, 0.25) is 0 Å². The second-order valence-electron chi connectivity index (χ2n) is 4.71. The van der Waals surface area contributed by atoms with Gasteiger partial charge in [-0.15, -0.1) is 0 Å². The molecule has 1 N–H and O–H groups in total. The molecule has 2 aromatic rings. The fraction of sp³-hybridized carbons (Fsp3) is 0.250. The van der Waals surface area contributed by atoms with Crippen LogP contribution in [0.15, 0.2) is 53.6 Å². The van der Waals surface area contributed by atoms with Crippen molar-refractivity contribution in [1.82, 2.24) is 0 Å². The molecule has 0 aliphatic rings. The summed E-state index contributed by atoms with van der Waals surface area (Å²) in [5, 5.41) is 14.7. The Hall–Kier alpha value is -2.69. The second kappa shape index (κ2) is 6.85. The van der Waals surface area contributed by atoms with Crippen LogP contribution in [0, 0.1) is 0 Å². The minimum Gasteiger partial charge on any atom is -0.497 e. The maximum absolute atomic E-state index is 11.1. The maximum Gasteiger partial charge on any atom is 0.120 e. The van der Waals surface area contributed by atoms with Crippen LogP contribution in [0.3, 0.4) is 0 Å². The van der Waals surface area contributed by atoms with Crippen molar-refractivity contribution in [3.05, 3.63) is 70.1 Å². The molecule has 0 atom stereocenters. The van der Waals surface area contributed by atoms with Crippen LogP contribution >= 0.6 is 0 Å². The zero-order valence-corrected chi connectivity index (χ0v) is 12.4. The second-order valence-corrected chi connectivity index (χ2v) is 4.71. The Morgan fingerprint density at radius 1 is 1.05 bits per heavy atom. The number of aliphatic hydroxyl groups is 1. The van der Waals surface area contributed by atoms with Gasteiger partial charge in [-0.2, -0.15) is 0 Å². The number of azide groups is 1. The molecule has 0 radical (unpaired) electrons. The first-order valence-electron chi connectivity index (χ1n) is 6.66. The smallest absolute Gasteiger partial charge is 0.120 e. The molecule has 0 aliphatic heterocycles. The van der Waals surface area contributed by atoms with E-state index in [0.717, 1.165) is 0 Å². The van der Waals surface area contributed by atoms with Crippen molar-refractivity contribution in [2.24, 2.45) is 5.11 Å². The van der Waals surface area contributed by atoms with Crippen LogP contribution in [0.4, 0.5) is 0 Å². The van der Waals surface area contributed by atoms with E-state index < -0.39 is 5.60 Å². The van der Waals surface area contributed by atoms with E-state index in [9.17, 15) is 5.11 Å². The largest absolute Gasteiger partial charge is 0.497 e. The minimum absolute atomic E-state index is 0.135. The summed E-state index contributed by atoms with van der Waals surface area (Å²) >= 11 is 0. The van der Waals surface area contributed by atoms with Gasteiger partial charge in [0, 0.05) is 4.91 Å². The van der Waals surface area contributed by atoms with Crippen LogP contribution in [0.25, 0.3) is 10.4 Å². The SMILES string of the molecule is COc1cccc(C(O)(CN=[N+]=[N-])c2cccc(OC)c2)c1. The molecular formula is C16H17N3O3. The normalized spacial score (nSPS) is 10.7. The molecule has 2 rings (SSSR count). The van der Waals surface area contributed by atoms with Crippen molar-refractivity contribution < 1.29 is 14.6 Å². The molecule has 6 nitrogen and oxygen atoms in total. The van der Waals surface area contributed by atoms with Crippen molar-refractivity contribution in [2.75, 3.05) is 20.8 Å². The number of hydrogen-bond donors (Lipinski definition) is 1. The summed E-state index contributed by atoms with van der Waals surface area (Å²) in [5.74, 6) is 1.22. The first-order valence-corrected chi connectivity index (χ1v) is 6.66. The van der Waals surface area contributed by atoms with Crippen molar-refractivity contribution in [3.8, 4) is 11.5 Å².